The molecule has 1 saturated heterocycles. The van der Waals surface area contributed by atoms with Crippen LogP contribution in [0.15, 0.2) is 0 Å². The van der Waals surface area contributed by atoms with Crippen LogP contribution < -0.4 is 5.32 Å². The third kappa shape index (κ3) is 3.64. The number of carbonyl (C=O) groups excluding carboxylic acids is 2. The van der Waals surface area contributed by atoms with Crippen molar-refractivity contribution in [2.45, 2.75) is 51.6 Å². The summed E-state index contributed by atoms with van der Waals surface area (Å²) in [6, 6.07) is -0.577. The first-order valence-corrected chi connectivity index (χ1v) is 8.14. The fourth-order valence-electron chi connectivity index (χ4n) is 2.36. The van der Waals surface area contributed by atoms with Crippen molar-refractivity contribution >= 4 is 23.6 Å². The molecule has 4 nitrogen and oxygen atoms in total. The Hall–Kier alpha value is -0.710. The summed E-state index contributed by atoms with van der Waals surface area (Å²) < 4.78 is 0. The van der Waals surface area contributed by atoms with E-state index in [-0.39, 0.29) is 23.9 Å². The second-order valence-corrected chi connectivity index (χ2v) is 5.64. The van der Waals surface area contributed by atoms with E-state index in [0.717, 1.165) is 25.0 Å². The standard InChI is InChI=1S/C13H24N2O2S/c1-4-7-10-13(17)15(8-6-9-18-3)11(5-2)12(16)14-10/h10-11H,4-9H2,1-3H3,(H,14,16). The SMILES string of the molecule is CCCC1NC(=O)C(CC)N(CCCSC)C1=O. The normalized spacial score (nSPS) is 24.3. The van der Waals surface area contributed by atoms with E-state index in [9.17, 15) is 9.59 Å². The molecule has 0 aromatic heterocycles. The van der Waals surface area contributed by atoms with Crippen molar-refractivity contribution in [3.05, 3.63) is 0 Å². The highest BCUT2D eigenvalue weighted by Crippen LogP contribution is 2.16. The highest BCUT2D eigenvalue weighted by molar-refractivity contribution is 7.98. The summed E-state index contributed by atoms with van der Waals surface area (Å²) in [5.74, 6) is 1.14. The van der Waals surface area contributed by atoms with E-state index in [1.54, 1.807) is 16.7 Å². The van der Waals surface area contributed by atoms with Crippen molar-refractivity contribution in [3.8, 4) is 0 Å². The number of thioether (sulfide) groups is 1. The minimum Gasteiger partial charge on any atom is -0.343 e. The second-order valence-electron chi connectivity index (χ2n) is 4.65. The Labute approximate surface area is 114 Å². The molecule has 1 N–H and O–H groups in total. The Morgan fingerprint density at radius 3 is 2.61 bits per heavy atom. The predicted molar refractivity (Wildman–Crippen MR) is 75.6 cm³/mol. The van der Waals surface area contributed by atoms with Crippen LogP contribution in [0.5, 0.6) is 0 Å². The number of amides is 2. The maximum Gasteiger partial charge on any atom is 0.245 e. The zero-order chi connectivity index (χ0) is 13.5. The number of carbonyl (C=O) groups is 2. The van der Waals surface area contributed by atoms with Gasteiger partial charge in [0.05, 0.1) is 0 Å². The smallest absolute Gasteiger partial charge is 0.245 e. The molecule has 1 aliphatic rings. The van der Waals surface area contributed by atoms with Crippen molar-refractivity contribution in [3.63, 3.8) is 0 Å². The summed E-state index contributed by atoms with van der Waals surface area (Å²) in [5.41, 5.74) is 0. The summed E-state index contributed by atoms with van der Waals surface area (Å²) >= 11 is 1.77. The lowest BCUT2D eigenvalue weighted by Gasteiger charge is -2.38. The Morgan fingerprint density at radius 1 is 1.33 bits per heavy atom. The summed E-state index contributed by atoms with van der Waals surface area (Å²) in [6.45, 7) is 4.69. The van der Waals surface area contributed by atoms with Crippen LogP contribution in [0, 0.1) is 0 Å². The van der Waals surface area contributed by atoms with Crippen molar-refractivity contribution in [1.29, 1.82) is 0 Å². The van der Waals surface area contributed by atoms with Crippen LogP contribution in [0.2, 0.25) is 0 Å². The number of hydrogen-bond acceptors (Lipinski definition) is 3. The van der Waals surface area contributed by atoms with Gasteiger partial charge in [-0.2, -0.15) is 11.8 Å². The van der Waals surface area contributed by atoms with E-state index >= 15 is 0 Å². The maximum atomic E-state index is 12.3. The van der Waals surface area contributed by atoms with Crippen molar-refractivity contribution in [2.75, 3.05) is 18.6 Å². The fraction of sp³-hybridized carbons (Fsp3) is 0.846. The van der Waals surface area contributed by atoms with E-state index in [1.165, 1.54) is 0 Å². The van der Waals surface area contributed by atoms with Crippen molar-refractivity contribution in [2.24, 2.45) is 0 Å². The van der Waals surface area contributed by atoms with Crippen LogP contribution in [0.3, 0.4) is 0 Å². The van der Waals surface area contributed by atoms with Crippen LogP contribution in [0.4, 0.5) is 0 Å². The van der Waals surface area contributed by atoms with E-state index in [4.69, 9.17) is 0 Å². The lowest BCUT2D eigenvalue weighted by atomic mass is 10.0. The summed E-state index contributed by atoms with van der Waals surface area (Å²) in [5, 5.41) is 2.85. The molecular weight excluding hydrogens is 248 g/mol. The first-order chi connectivity index (χ1) is 8.65. The average molecular weight is 272 g/mol. The Morgan fingerprint density at radius 2 is 2.06 bits per heavy atom. The molecular formula is C13H24N2O2S. The van der Waals surface area contributed by atoms with E-state index < -0.39 is 0 Å². The molecule has 18 heavy (non-hydrogen) atoms. The first-order valence-electron chi connectivity index (χ1n) is 6.75. The van der Waals surface area contributed by atoms with Gasteiger partial charge < -0.3 is 10.2 Å². The zero-order valence-electron chi connectivity index (χ0n) is 11.6. The average Bonchev–Trinajstić information content (AvgIpc) is 2.35. The van der Waals surface area contributed by atoms with Gasteiger partial charge in [-0.15, -0.1) is 0 Å². The maximum absolute atomic E-state index is 12.3. The van der Waals surface area contributed by atoms with E-state index in [1.807, 2.05) is 13.8 Å². The van der Waals surface area contributed by atoms with Gasteiger partial charge in [0.15, 0.2) is 0 Å². The Bertz CT molecular complexity index is 297. The molecule has 104 valence electrons. The lowest BCUT2D eigenvalue weighted by Crippen LogP contribution is -2.63. The van der Waals surface area contributed by atoms with Gasteiger partial charge in [-0.1, -0.05) is 20.3 Å². The van der Waals surface area contributed by atoms with Crippen LogP contribution in [-0.4, -0.2) is 47.4 Å². The minimum atomic E-state index is -0.306. The van der Waals surface area contributed by atoms with Gasteiger partial charge in [-0.05, 0) is 31.3 Å². The quantitative estimate of drug-likeness (QED) is 0.717. The molecule has 2 amide bonds. The lowest BCUT2D eigenvalue weighted by molar-refractivity contribution is -0.149. The van der Waals surface area contributed by atoms with Crippen molar-refractivity contribution < 1.29 is 9.59 Å². The van der Waals surface area contributed by atoms with Gasteiger partial charge in [0.1, 0.15) is 12.1 Å². The molecule has 1 fully saturated rings. The van der Waals surface area contributed by atoms with Crippen LogP contribution >= 0.6 is 11.8 Å². The molecule has 0 aromatic rings. The second kappa shape index (κ2) is 7.67. The monoisotopic (exact) mass is 272 g/mol. The number of nitrogens with one attached hydrogen (secondary N) is 1. The molecule has 2 atom stereocenters. The van der Waals surface area contributed by atoms with Gasteiger partial charge in [0, 0.05) is 6.54 Å². The van der Waals surface area contributed by atoms with E-state index in [0.29, 0.717) is 13.0 Å². The largest absolute Gasteiger partial charge is 0.343 e. The zero-order valence-corrected chi connectivity index (χ0v) is 12.4. The number of hydrogen-bond donors (Lipinski definition) is 1. The van der Waals surface area contributed by atoms with Crippen LogP contribution in [0.1, 0.15) is 39.5 Å². The van der Waals surface area contributed by atoms with Crippen LogP contribution in [0.25, 0.3) is 0 Å². The predicted octanol–water partition coefficient (Wildman–Crippen LogP) is 1.65. The third-order valence-electron chi connectivity index (χ3n) is 3.29. The molecule has 0 aliphatic carbocycles. The Kier molecular flexibility index (Phi) is 6.54. The van der Waals surface area contributed by atoms with Gasteiger partial charge in [-0.25, -0.2) is 0 Å². The van der Waals surface area contributed by atoms with Gasteiger partial charge >= 0.3 is 0 Å². The van der Waals surface area contributed by atoms with Crippen LogP contribution in [-0.2, 0) is 9.59 Å². The third-order valence-corrected chi connectivity index (χ3v) is 3.98. The van der Waals surface area contributed by atoms with Gasteiger partial charge in [-0.3, -0.25) is 9.59 Å². The first kappa shape index (κ1) is 15.3. The minimum absolute atomic E-state index is 0.0136. The number of piperazine rings is 1. The fourth-order valence-corrected chi connectivity index (χ4v) is 2.78. The molecule has 0 bridgehead atoms. The molecule has 1 heterocycles. The van der Waals surface area contributed by atoms with Gasteiger partial charge in [0.2, 0.25) is 11.8 Å². The van der Waals surface area contributed by atoms with E-state index in [2.05, 4.69) is 11.6 Å². The highest BCUT2D eigenvalue weighted by Gasteiger charge is 2.38. The number of nitrogens with zero attached hydrogens (tertiary/aromatic N) is 1. The van der Waals surface area contributed by atoms with Crippen molar-refractivity contribution in [1.82, 2.24) is 10.2 Å². The molecule has 0 aromatic carbocycles. The molecule has 2 unspecified atom stereocenters. The topological polar surface area (TPSA) is 49.4 Å². The Balaban J connectivity index is 2.71. The summed E-state index contributed by atoms with van der Waals surface area (Å²) in [4.78, 5) is 26.1. The van der Waals surface area contributed by atoms with Gasteiger partial charge in [0.25, 0.3) is 0 Å². The molecule has 5 heteroatoms. The number of rotatable bonds is 7. The molecule has 0 radical (unpaired) electrons. The summed E-state index contributed by atoms with van der Waals surface area (Å²) in [7, 11) is 0. The molecule has 0 spiro atoms. The summed E-state index contributed by atoms with van der Waals surface area (Å²) in [6.07, 6.45) is 5.35. The molecule has 1 rings (SSSR count). The molecule has 0 saturated carbocycles. The highest BCUT2D eigenvalue weighted by atomic mass is 32.2. The molecule has 1 aliphatic heterocycles.